The number of amides is 1. The van der Waals surface area contributed by atoms with E-state index in [-0.39, 0.29) is 18.2 Å². The molecule has 0 radical (unpaired) electrons. The van der Waals surface area contributed by atoms with Gasteiger partial charge in [0, 0.05) is 36.9 Å². The zero-order valence-corrected chi connectivity index (χ0v) is 25.6. The van der Waals surface area contributed by atoms with Crippen molar-refractivity contribution in [2.24, 2.45) is 0 Å². The lowest BCUT2D eigenvalue weighted by molar-refractivity contribution is 0.0206. The molecule has 1 amide bonds. The summed E-state index contributed by atoms with van der Waals surface area (Å²) in [4.78, 5) is 28.2. The fraction of sp³-hybridized carbons (Fsp3) is 0.412. The molecule has 2 N–H and O–H groups in total. The molecule has 0 spiro atoms. The fourth-order valence-electron chi connectivity index (χ4n) is 5.33. The second kappa shape index (κ2) is 13.0. The minimum Gasteiger partial charge on any atom is -0.444 e. The average Bonchev–Trinajstić information content (AvgIpc) is 2.97. The van der Waals surface area contributed by atoms with Gasteiger partial charge in [0.25, 0.3) is 0 Å². The molecule has 1 aliphatic rings. The van der Waals surface area contributed by atoms with Gasteiger partial charge in [0.1, 0.15) is 11.4 Å². The molecule has 0 bridgehead atoms. The highest BCUT2D eigenvalue weighted by Gasteiger charge is 2.28. The standard InChI is InChI=1S/C34H41N5O4/c1-22-13-16-26-24(15-14-23(2)40)9-6-11-27(26)30(22)42-31-28(12-7-18-35-31)29-17-19-36-32(38-29)37-25-10-8-20-39(21-25)33(41)43-34(3,4)5/h6-7,9,11-13,16-19,23,25,40H,8,10,14-15,20-21H2,1-5H3,(H,36,37,38)/t23-,25+/m1/s1. The molecule has 0 saturated carbocycles. The molecular weight excluding hydrogens is 542 g/mol. The topological polar surface area (TPSA) is 110 Å². The van der Waals surface area contributed by atoms with Gasteiger partial charge in [0.15, 0.2) is 0 Å². The third-order valence-electron chi connectivity index (χ3n) is 7.44. The number of fused-ring (bicyclic) bond motifs is 1. The van der Waals surface area contributed by atoms with E-state index < -0.39 is 5.60 Å². The first-order valence-corrected chi connectivity index (χ1v) is 15.0. The first-order valence-electron chi connectivity index (χ1n) is 15.0. The summed E-state index contributed by atoms with van der Waals surface area (Å²) in [7, 11) is 0. The normalized spacial score (nSPS) is 16.1. The molecule has 1 saturated heterocycles. The van der Waals surface area contributed by atoms with Gasteiger partial charge in [-0.2, -0.15) is 0 Å². The predicted molar refractivity (Wildman–Crippen MR) is 168 cm³/mol. The Bertz CT molecular complexity index is 1580. The first kappa shape index (κ1) is 30.2. The minimum absolute atomic E-state index is 0.00230. The summed E-state index contributed by atoms with van der Waals surface area (Å²) >= 11 is 0. The SMILES string of the molecule is Cc1ccc2c(CC[C@@H](C)O)cccc2c1Oc1ncccc1-c1ccnc(N[C@H]2CCCN(C(=O)OC(C)(C)C)C2)n1. The van der Waals surface area contributed by atoms with Crippen LogP contribution in [0.4, 0.5) is 10.7 Å². The number of carbonyl (C=O) groups is 1. The summed E-state index contributed by atoms with van der Waals surface area (Å²) in [6.07, 6.45) is 5.99. The molecule has 2 atom stereocenters. The number of hydrogen-bond acceptors (Lipinski definition) is 8. The fourth-order valence-corrected chi connectivity index (χ4v) is 5.33. The van der Waals surface area contributed by atoms with Crippen molar-refractivity contribution in [3.8, 4) is 22.9 Å². The number of nitrogens with zero attached hydrogens (tertiary/aromatic N) is 4. The number of aliphatic hydroxyl groups excluding tert-OH is 1. The lowest BCUT2D eigenvalue weighted by atomic mass is 9.97. The van der Waals surface area contributed by atoms with Crippen LogP contribution in [0.2, 0.25) is 0 Å². The molecule has 2 aromatic heterocycles. The number of ether oxygens (including phenoxy) is 2. The second-order valence-corrected chi connectivity index (χ2v) is 12.2. The molecule has 1 fully saturated rings. The minimum atomic E-state index is -0.538. The summed E-state index contributed by atoms with van der Waals surface area (Å²) in [5, 5.41) is 15.3. The predicted octanol–water partition coefficient (Wildman–Crippen LogP) is 6.92. The van der Waals surface area contributed by atoms with Crippen LogP contribution < -0.4 is 10.1 Å². The van der Waals surface area contributed by atoms with Crippen molar-refractivity contribution >= 4 is 22.8 Å². The van der Waals surface area contributed by atoms with E-state index in [0.717, 1.165) is 46.9 Å². The molecule has 43 heavy (non-hydrogen) atoms. The summed E-state index contributed by atoms with van der Waals surface area (Å²) in [6.45, 7) is 10.6. The number of carbonyl (C=O) groups excluding carboxylic acids is 1. The Balaban J connectivity index is 1.38. The van der Waals surface area contributed by atoms with E-state index in [1.54, 1.807) is 17.3 Å². The highest BCUT2D eigenvalue weighted by molar-refractivity contribution is 5.92. The van der Waals surface area contributed by atoms with Crippen LogP contribution in [-0.4, -0.2) is 61.9 Å². The largest absolute Gasteiger partial charge is 0.444 e. The number of anilines is 1. The van der Waals surface area contributed by atoms with Crippen LogP contribution in [0.15, 0.2) is 60.9 Å². The van der Waals surface area contributed by atoms with Crippen LogP contribution in [0.1, 0.15) is 58.1 Å². The summed E-state index contributed by atoms with van der Waals surface area (Å²) in [6, 6.07) is 16.0. The van der Waals surface area contributed by atoms with Gasteiger partial charge in [0.05, 0.1) is 17.4 Å². The van der Waals surface area contributed by atoms with E-state index in [0.29, 0.717) is 37.0 Å². The van der Waals surface area contributed by atoms with E-state index in [2.05, 4.69) is 39.6 Å². The number of piperidine rings is 1. The van der Waals surface area contributed by atoms with Crippen LogP contribution in [0.5, 0.6) is 11.6 Å². The molecule has 2 aromatic carbocycles. The summed E-state index contributed by atoms with van der Waals surface area (Å²) in [5.41, 5.74) is 3.05. The molecule has 9 nitrogen and oxygen atoms in total. The smallest absolute Gasteiger partial charge is 0.410 e. The maximum Gasteiger partial charge on any atom is 0.410 e. The number of aliphatic hydroxyl groups is 1. The first-order chi connectivity index (χ1) is 20.6. The van der Waals surface area contributed by atoms with E-state index in [1.807, 2.05) is 58.9 Å². The van der Waals surface area contributed by atoms with Gasteiger partial charge in [-0.1, -0.05) is 30.3 Å². The maximum absolute atomic E-state index is 12.6. The lowest BCUT2D eigenvalue weighted by Crippen LogP contribution is -2.47. The Morgan fingerprint density at radius 3 is 2.72 bits per heavy atom. The molecular formula is C34H41N5O4. The van der Waals surface area contributed by atoms with Gasteiger partial charge < -0.3 is 24.8 Å². The Labute approximate surface area is 253 Å². The van der Waals surface area contributed by atoms with Gasteiger partial charge in [0.2, 0.25) is 11.8 Å². The number of nitrogens with one attached hydrogen (secondary N) is 1. The lowest BCUT2D eigenvalue weighted by Gasteiger charge is -2.34. The Morgan fingerprint density at radius 1 is 1.09 bits per heavy atom. The third kappa shape index (κ3) is 7.59. The Kier molecular flexibility index (Phi) is 9.11. The van der Waals surface area contributed by atoms with E-state index in [4.69, 9.17) is 14.5 Å². The number of benzene rings is 2. The number of hydrogen-bond donors (Lipinski definition) is 2. The van der Waals surface area contributed by atoms with Crippen LogP contribution >= 0.6 is 0 Å². The van der Waals surface area contributed by atoms with Crippen molar-refractivity contribution in [2.45, 2.75) is 78.0 Å². The number of pyridine rings is 1. The summed E-state index contributed by atoms with van der Waals surface area (Å²) < 4.78 is 12.1. The van der Waals surface area contributed by atoms with Crippen molar-refractivity contribution in [3.63, 3.8) is 0 Å². The van der Waals surface area contributed by atoms with Crippen molar-refractivity contribution in [3.05, 3.63) is 72.1 Å². The van der Waals surface area contributed by atoms with E-state index in [9.17, 15) is 9.90 Å². The maximum atomic E-state index is 12.6. The highest BCUT2D eigenvalue weighted by Crippen LogP contribution is 2.37. The van der Waals surface area contributed by atoms with Gasteiger partial charge in [-0.05, 0) is 95.0 Å². The summed E-state index contributed by atoms with van der Waals surface area (Å²) in [5.74, 6) is 1.67. The van der Waals surface area contributed by atoms with Crippen LogP contribution in [0.3, 0.4) is 0 Å². The second-order valence-electron chi connectivity index (χ2n) is 12.2. The quantitative estimate of drug-likeness (QED) is 0.230. The molecule has 3 heterocycles. The number of rotatable bonds is 8. The van der Waals surface area contributed by atoms with E-state index in [1.165, 1.54) is 5.56 Å². The van der Waals surface area contributed by atoms with Crippen molar-refractivity contribution < 1.29 is 19.4 Å². The molecule has 0 aliphatic carbocycles. The van der Waals surface area contributed by atoms with Crippen molar-refractivity contribution in [2.75, 3.05) is 18.4 Å². The molecule has 5 rings (SSSR count). The van der Waals surface area contributed by atoms with Crippen LogP contribution in [-0.2, 0) is 11.2 Å². The molecule has 1 aliphatic heterocycles. The van der Waals surface area contributed by atoms with Crippen molar-refractivity contribution in [1.29, 1.82) is 0 Å². The van der Waals surface area contributed by atoms with Crippen LogP contribution in [0.25, 0.3) is 22.0 Å². The van der Waals surface area contributed by atoms with Gasteiger partial charge in [-0.3, -0.25) is 0 Å². The zero-order valence-electron chi connectivity index (χ0n) is 25.6. The number of aryl methyl sites for hydroxylation is 2. The molecule has 9 heteroatoms. The van der Waals surface area contributed by atoms with Gasteiger partial charge in [-0.15, -0.1) is 0 Å². The van der Waals surface area contributed by atoms with Crippen LogP contribution in [0, 0.1) is 6.92 Å². The van der Waals surface area contributed by atoms with E-state index >= 15 is 0 Å². The molecule has 226 valence electrons. The molecule has 4 aromatic rings. The Hall–Kier alpha value is -4.24. The monoisotopic (exact) mass is 583 g/mol. The zero-order chi connectivity index (χ0) is 30.6. The number of likely N-dealkylation sites (tertiary alicyclic amines) is 1. The third-order valence-corrected chi connectivity index (χ3v) is 7.44. The highest BCUT2D eigenvalue weighted by atomic mass is 16.6. The Morgan fingerprint density at radius 2 is 1.93 bits per heavy atom. The van der Waals surface area contributed by atoms with Gasteiger partial charge >= 0.3 is 6.09 Å². The average molecular weight is 584 g/mol. The molecule has 0 unspecified atom stereocenters. The van der Waals surface area contributed by atoms with Gasteiger partial charge in [-0.25, -0.2) is 19.7 Å². The number of aromatic nitrogens is 3. The van der Waals surface area contributed by atoms with Crippen molar-refractivity contribution in [1.82, 2.24) is 19.9 Å².